The van der Waals surface area contributed by atoms with Crippen LogP contribution in [-0.2, 0) is 29.3 Å². The fourth-order valence-corrected chi connectivity index (χ4v) is 4.54. The molecule has 1 saturated heterocycles. The van der Waals surface area contributed by atoms with Gasteiger partial charge in [0.1, 0.15) is 11.6 Å². The lowest BCUT2D eigenvalue weighted by Gasteiger charge is -2.35. The van der Waals surface area contributed by atoms with Crippen molar-refractivity contribution < 1.29 is 8.42 Å². The molecule has 3 rings (SSSR count). The third-order valence-electron chi connectivity index (χ3n) is 5.16. The summed E-state index contributed by atoms with van der Waals surface area (Å²) in [6.45, 7) is 6.13. The van der Waals surface area contributed by atoms with Gasteiger partial charge in [-0.15, -0.1) is 0 Å². The topological polar surface area (TPSA) is 90.2 Å². The van der Waals surface area contributed by atoms with E-state index in [9.17, 15) is 8.42 Å². The summed E-state index contributed by atoms with van der Waals surface area (Å²) in [6, 6.07) is 10.5. The number of aryl methyl sites for hydroxylation is 2. The van der Waals surface area contributed by atoms with Crippen LogP contribution >= 0.6 is 0 Å². The van der Waals surface area contributed by atoms with Crippen LogP contribution in [0.4, 0.5) is 5.82 Å². The van der Waals surface area contributed by atoms with E-state index < -0.39 is 10.0 Å². The van der Waals surface area contributed by atoms with Crippen molar-refractivity contribution in [1.82, 2.24) is 14.3 Å². The number of anilines is 1. The predicted molar refractivity (Wildman–Crippen MR) is 113 cm³/mol. The zero-order valence-corrected chi connectivity index (χ0v) is 18.0. The van der Waals surface area contributed by atoms with Gasteiger partial charge < -0.3 is 4.90 Å². The molecule has 0 spiro atoms. The normalized spacial score (nSPS) is 15.3. The molecule has 7 nitrogen and oxygen atoms in total. The standard InChI is InChI=1S/C21H27N5O2S/c1-4-19-18(15-17-7-5-6-16(2)14-17)21(24-20(23-19)8-9-22)25-10-12-26(13-11-25)29(3,27)28/h5-7,14H,4,8,10-13,15H2,1-3H3. The Bertz CT molecular complexity index is 1020. The Morgan fingerprint density at radius 3 is 2.48 bits per heavy atom. The van der Waals surface area contributed by atoms with Crippen molar-refractivity contribution >= 4 is 15.8 Å². The first-order chi connectivity index (χ1) is 13.8. The van der Waals surface area contributed by atoms with Gasteiger partial charge in [0.25, 0.3) is 0 Å². The molecule has 0 N–H and O–H groups in total. The summed E-state index contributed by atoms with van der Waals surface area (Å²) in [5.41, 5.74) is 4.40. The van der Waals surface area contributed by atoms with E-state index in [1.54, 1.807) is 0 Å². The molecule has 8 heteroatoms. The minimum atomic E-state index is -3.19. The largest absolute Gasteiger partial charge is 0.354 e. The zero-order chi connectivity index (χ0) is 21.0. The number of benzene rings is 1. The van der Waals surface area contributed by atoms with Gasteiger partial charge in [0.2, 0.25) is 10.0 Å². The van der Waals surface area contributed by atoms with E-state index in [4.69, 9.17) is 10.2 Å². The van der Waals surface area contributed by atoms with E-state index in [1.807, 2.05) is 6.07 Å². The van der Waals surface area contributed by atoms with Gasteiger partial charge in [-0.05, 0) is 18.9 Å². The minimum Gasteiger partial charge on any atom is -0.354 e. The van der Waals surface area contributed by atoms with Crippen molar-refractivity contribution in [1.29, 1.82) is 5.26 Å². The van der Waals surface area contributed by atoms with Crippen LogP contribution in [0.1, 0.15) is 35.1 Å². The molecule has 1 aliphatic rings. The second kappa shape index (κ2) is 8.89. The second-order valence-corrected chi connectivity index (χ2v) is 9.37. The molecular weight excluding hydrogens is 386 g/mol. The van der Waals surface area contributed by atoms with Gasteiger partial charge in [-0.25, -0.2) is 18.4 Å². The smallest absolute Gasteiger partial charge is 0.211 e. The fourth-order valence-electron chi connectivity index (χ4n) is 3.71. The molecule has 0 aliphatic carbocycles. The molecule has 29 heavy (non-hydrogen) atoms. The van der Waals surface area contributed by atoms with Gasteiger partial charge in [-0.3, -0.25) is 0 Å². The highest BCUT2D eigenvalue weighted by Gasteiger charge is 2.27. The van der Waals surface area contributed by atoms with Crippen LogP contribution in [0.5, 0.6) is 0 Å². The van der Waals surface area contributed by atoms with Crippen LogP contribution in [0, 0.1) is 18.3 Å². The Morgan fingerprint density at radius 2 is 1.90 bits per heavy atom. The summed E-state index contributed by atoms with van der Waals surface area (Å²) in [5, 5.41) is 9.13. The van der Waals surface area contributed by atoms with Crippen molar-refractivity contribution in [2.45, 2.75) is 33.1 Å². The lowest BCUT2D eigenvalue weighted by Crippen LogP contribution is -2.49. The maximum atomic E-state index is 11.9. The van der Waals surface area contributed by atoms with Gasteiger partial charge in [-0.1, -0.05) is 36.8 Å². The molecule has 1 aromatic carbocycles. The molecule has 1 aliphatic heterocycles. The van der Waals surface area contributed by atoms with Crippen molar-refractivity contribution in [2.24, 2.45) is 0 Å². The summed E-state index contributed by atoms with van der Waals surface area (Å²) < 4.78 is 25.2. The molecule has 0 amide bonds. The van der Waals surface area contributed by atoms with Gasteiger partial charge >= 0.3 is 0 Å². The zero-order valence-electron chi connectivity index (χ0n) is 17.2. The Morgan fingerprint density at radius 1 is 1.17 bits per heavy atom. The van der Waals surface area contributed by atoms with Crippen LogP contribution in [0.3, 0.4) is 0 Å². The molecular formula is C21H27N5O2S. The molecule has 0 atom stereocenters. The average Bonchev–Trinajstić information content (AvgIpc) is 2.68. The first-order valence-electron chi connectivity index (χ1n) is 9.83. The second-order valence-electron chi connectivity index (χ2n) is 7.39. The number of sulfonamides is 1. The lowest BCUT2D eigenvalue weighted by molar-refractivity contribution is 0.386. The molecule has 154 valence electrons. The van der Waals surface area contributed by atoms with E-state index in [2.05, 4.69) is 48.0 Å². The summed E-state index contributed by atoms with van der Waals surface area (Å²) >= 11 is 0. The Balaban J connectivity index is 1.99. The van der Waals surface area contributed by atoms with Gasteiger partial charge in [-0.2, -0.15) is 9.57 Å². The minimum absolute atomic E-state index is 0.161. The van der Waals surface area contributed by atoms with Gasteiger partial charge in [0.05, 0.1) is 18.7 Å². The summed E-state index contributed by atoms with van der Waals surface area (Å²) in [4.78, 5) is 11.5. The van der Waals surface area contributed by atoms with Crippen molar-refractivity contribution in [3.05, 3.63) is 52.5 Å². The van der Waals surface area contributed by atoms with E-state index in [0.717, 1.165) is 23.5 Å². The van der Waals surface area contributed by atoms with Crippen LogP contribution in [0.2, 0.25) is 0 Å². The number of hydrogen-bond acceptors (Lipinski definition) is 6. The van der Waals surface area contributed by atoms with E-state index in [0.29, 0.717) is 38.4 Å². The molecule has 1 fully saturated rings. The van der Waals surface area contributed by atoms with Gasteiger partial charge in [0.15, 0.2) is 0 Å². The average molecular weight is 414 g/mol. The summed E-state index contributed by atoms with van der Waals surface area (Å²) in [6.07, 6.45) is 2.86. The Labute approximate surface area is 173 Å². The first kappa shape index (κ1) is 21.2. The summed E-state index contributed by atoms with van der Waals surface area (Å²) in [7, 11) is -3.19. The number of rotatable bonds is 6. The Hall–Kier alpha value is -2.50. The number of nitriles is 1. The van der Waals surface area contributed by atoms with Crippen molar-refractivity contribution in [3.63, 3.8) is 0 Å². The number of aromatic nitrogens is 2. The molecule has 1 aromatic heterocycles. The molecule has 2 heterocycles. The number of piperazine rings is 1. The van der Waals surface area contributed by atoms with Crippen LogP contribution < -0.4 is 4.90 Å². The number of nitrogens with zero attached hydrogens (tertiary/aromatic N) is 5. The lowest BCUT2D eigenvalue weighted by atomic mass is 10.0. The molecule has 2 aromatic rings. The van der Waals surface area contributed by atoms with Crippen molar-refractivity contribution in [2.75, 3.05) is 37.3 Å². The highest BCUT2D eigenvalue weighted by Crippen LogP contribution is 2.26. The third kappa shape index (κ3) is 5.11. The molecule has 0 bridgehead atoms. The van der Waals surface area contributed by atoms with Crippen LogP contribution in [0.25, 0.3) is 0 Å². The van der Waals surface area contributed by atoms with Gasteiger partial charge in [0, 0.05) is 43.9 Å². The quantitative estimate of drug-likeness (QED) is 0.720. The monoisotopic (exact) mass is 413 g/mol. The highest BCUT2D eigenvalue weighted by molar-refractivity contribution is 7.88. The maximum Gasteiger partial charge on any atom is 0.211 e. The Kier molecular flexibility index (Phi) is 6.50. The van der Waals surface area contributed by atoms with E-state index in [1.165, 1.54) is 21.7 Å². The van der Waals surface area contributed by atoms with E-state index >= 15 is 0 Å². The van der Waals surface area contributed by atoms with E-state index in [-0.39, 0.29) is 6.42 Å². The van der Waals surface area contributed by atoms with Crippen LogP contribution in [-0.4, -0.2) is 55.1 Å². The highest BCUT2D eigenvalue weighted by atomic mass is 32.2. The first-order valence-corrected chi connectivity index (χ1v) is 11.7. The van der Waals surface area contributed by atoms with Crippen molar-refractivity contribution in [3.8, 4) is 6.07 Å². The molecule has 0 unspecified atom stereocenters. The predicted octanol–water partition coefficient (Wildman–Crippen LogP) is 2.09. The summed E-state index contributed by atoms with van der Waals surface area (Å²) in [5.74, 6) is 1.36. The maximum absolute atomic E-state index is 11.9. The number of hydrogen-bond donors (Lipinski definition) is 0. The molecule has 0 radical (unpaired) electrons. The van der Waals surface area contributed by atoms with Crippen LogP contribution in [0.15, 0.2) is 24.3 Å². The third-order valence-corrected chi connectivity index (χ3v) is 6.46. The fraction of sp³-hybridized carbons (Fsp3) is 0.476. The molecule has 0 saturated carbocycles. The SMILES string of the molecule is CCc1nc(CC#N)nc(N2CCN(S(C)(=O)=O)CC2)c1Cc1cccc(C)c1.